The maximum Gasteiger partial charge on any atom is 0.278 e. The molecule has 1 amide bonds. The van der Waals surface area contributed by atoms with Crippen molar-refractivity contribution in [3.05, 3.63) is 83.9 Å². The molecule has 0 spiro atoms. The monoisotopic (exact) mass is 391 g/mol. The number of halogens is 1. The Balaban J connectivity index is 1.56. The summed E-state index contributed by atoms with van der Waals surface area (Å²) in [6.07, 6.45) is 1.48. The predicted molar refractivity (Wildman–Crippen MR) is 108 cm³/mol. The lowest BCUT2D eigenvalue weighted by Crippen LogP contribution is -2.27. The average Bonchev–Trinajstić information content (AvgIpc) is 3.16. The number of aromatic nitrogens is 3. The van der Waals surface area contributed by atoms with Gasteiger partial charge in [0.2, 0.25) is 0 Å². The number of carbonyl (C=O) groups excluding carboxylic acids is 1. The van der Waals surface area contributed by atoms with Crippen molar-refractivity contribution in [2.24, 2.45) is 0 Å². The van der Waals surface area contributed by atoms with Gasteiger partial charge in [-0.05, 0) is 54.1 Å². The van der Waals surface area contributed by atoms with Crippen molar-refractivity contribution >= 4 is 23.1 Å². The van der Waals surface area contributed by atoms with Gasteiger partial charge >= 0.3 is 0 Å². The Morgan fingerprint density at radius 3 is 2.55 bits per heavy atom. The zero-order valence-corrected chi connectivity index (χ0v) is 15.6. The highest BCUT2D eigenvalue weighted by molar-refractivity contribution is 6.04. The number of aromatic hydroxyl groups is 1. The molecule has 7 nitrogen and oxygen atoms in total. The lowest BCUT2D eigenvalue weighted by molar-refractivity contribution is 0.0986. The molecule has 2 aromatic carbocycles. The highest BCUT2D eigenvalue weighted by Crippen LogP contribution is 2.20. The molecule has 0 aliphatic rings. The number of rotatable bonds is 5. The van der Waals surface area contributed by atoms with Crippen molar-refractivity contribution < 1.29 is 14.3 Å². The maximum atomic E-state index is 13.0. The molecule has 0 aliphatic heterocycles. The first kappa shape index (κ1) is 18.4. The average molecular weight is 391 g/mol. The first-order valence-corrected chi connectivity index (χ1v) is 8.91. The third kappa shape index (κ3) is 3.86. The summed E-state index contributed by atoms with van der Waals surface area (Å²) >= 11 is 0. The number of nitrogens with one attached hydrogen (secondary N) is 1. The molecule has 0 fully saturated rings. The number of hydrogen-bond donors (Lipinski definition) is 2. The number of phenolic OH excluding ortho intramolecular Hbond substituents is 1. The van der Waals surface area contributed by atoms with Gasteiger partial charge < -0.3 is 15.3 Å². The molecule has 0 unspecified atom stereocenters. The third-order valence-electron chi connectivity index (χ3n) is 4.51. The molecule has 146 valence electrons. The SMILES string of the molecule is CN(C(=O)c1cnc2ccc(NCc3ccc(F)cc3)nn12)c1ccc(O)cc1. The van der Waals surface area contributed by atoms with Crippen LogP contribution >= 0.6 is 0 Å². The van der Waals surface area contributed by atoms with Gasteiger partial charge in [-0.15, -0.1) is 5.10 Å². The molecule has 2 aromatic heterocycles. The molecule has 4 aromatic rings. The summed E-state index contributed by atoms with van der Waals surface area (Å²) in [5, 5.41) is 17.0. The van der Waals surface area contributed by atoms with Crippen LogP contribution in [0.15, 0.2) is 66.9 Å². The van der Waals surface area contributed by atoms with Gasteiger partial charge in [-0.25, -0.2) is 13.9 Å². The molecule has 0 saturated carbocycles. The minimum atomic E-state index is -0.286. The summed E-state index contributed by atoms with van der Waals surface area (Å²) in [7, 11) is 1.64. The van der Waals surface area contributed by atoms with Gasteiger partial charge in [0.05, 0.1) is 6.20 Å². The second-order valence-electron chi connectivity index (χ2n) is 6.49. The van der Waals surface area contributed by atoms with E-state index in [0.717, 1.165) is 5.56 Å². The molecule has 0 bridgehead atoms. The van der Waals surface area contributed by atoms with E-state index in [2.05, 4.69) is 15.4 Å². The van der Waals surface area contributed by atoms with E-state index in [1.165, 1.54) is 39.9 Å². The van der Waals surface area contributed by atoms with Crippen LogP contribution in [0.2, 0.25) is 0 Å². The highest BCUT2D eigenvalue weighted by atomic mass is 19.1. The topological polar surface area (TPSA) is 82.8 Å². The molecular formula is C21H18FN5O2. The van der Waals surface area contributed by atoms with Gasteiger partial charge in [0, 0.05) is 19.3 Å². The number of anilines is 2. The van der Waals surface area contributed by atoms with Crippen LogP contribution < -0.4 is 10.2 Å². The summed E-state index contributed by atoms with van der Waals surface area (Å²) in [5.41, 5.74) is 2.39. The number of benzene rings is 2. The number of nitrogens with zero attached hydrogens (tertiary/aromatic N) is 4. The number of phenols is 1. The van der Waals surface area contributed by atoms with E-state index in [4.69, 9.17) is 0 Å². The first-order chi connectivity index (χ1) is 14.0. The number of imidazole rings is 1. The van der Waals surface area contributed by atoms with Crippen LogP contribution in [-0.2, 0) is 6.54 Å². The van der Waals surface area contributed by atoms with E-state index < -0.39 is 0 Å². The molecular weight excluding hydrogens is 373 g/mol. The molecule has 4 rings (SSSR count). The van der Waals surface area contributed by atoms with Crippen molar-refractivity contribution in [3.8, 4) is 5.75 Å². The first-order valence-electron chi connectivity index (χ1n) is 8.91. The summed E-state index contributed by atoms with van der Waals surface area (Å²) < 4.78 is 14.5. The molecule has 0 saturated heterocycles. The maximum absolute atomic E-state index is 13.0. The minimum absolute atomic E-state index is 0.128. The van der Waals surface area contributed by atoms with E-state index in [9.17, 15) is 14.3 Å². The quantitative estimate of drug-likeness (QED) is 0.544. The van der Waals surface area contributed by atoms with E-state index in [0.29, 0.717) is 29.4 Å². The van der Waals surface area contributed by atoms with Gasteiger partial charge in [0.25, 0.3) is 5.91 Å². The largest absolute Gasteiger partial charge is 0.508 e. The zero-order valence-electron chi connectivity index (χ0n) is 15.6. The van der Waals surface area contributed by atoms with E-state index in [1.807, 2.05) is 0 Å². The van der Waals surface area contributed by atoms with Gasteiger partial charge in [-0.1, -0.05) is 12.1 Å². The summed E-state index contributed by atoms with van der Waals surface area (Å²) in [6.45, 7) is 0.462. The van der Waals surface area contributed by atoms with Crippen LogP contribution in [0.4, 0.5) is 15.9 Å². The summed E-state index contributed by atoms with van der Waals surface area (Å²) in [6, 6.07) is 16.1. The standard InChI is InChI=1S/C21H18FN5O2/c1-26(16-6-8-17(28)9-7-16)21(29)18-13-24-20-11-10-19(25-27(18)20)23-12-14-2-4-15(22)5-3-14/h2-11,13,28H,12H2,1H3,(H,23,25). The highest BCUT2D eigenvalue weighted by Gasteiger charge is 2.19. The predicted octanol–water partition coefficient (Wildman–Crippen LogP) is 3.46. The Kier molecular flexibility index (Phi) is 4.82. The van der Waals surface area contributed by atoms with Crippen LogP contribution in [0.5, 0.6) is 5.75 Å². The second kappa shape index (κ2) is 7.59. The lowest BCUT2D eigenvalue weighted by atomic mass is 10.2. The Hall–Kier alpha value is -3.94. The van der Waals surface area contributed by atoms with Gasteiger partial charge in [-0.2, -0.15) is 0 Å². The van der Waals surface area contributed by atoms with Crippen LogP contribution in [0.3, 0.4) is 0 Å². The number of hydrogen-bond acceptors (Lipinski definition) is 5. The normalized spacial score (nSPS) is 10.8. The second-order valence-corrected chi connectivity index (χ2v) is 6.49. The molecule has 2 N–H and O–H groups in total. The van der Waals surface area contributed by atoms with Gasteiger partial charge in [-0.3, -0.25) is 4.79 Å². The smallest absolute Gasteiger partial charge is 0.278 e. The van der Waals surface area contributed by atoms with Crippen LogP contribution in [0.25, 0.3) is 5.65 Å². The third-order valence-corrected chi connectivity index (χ3v) is 4.51. The van der Waals surface area contributed by atoms with Crippen molar-refractivity contribution in [1.82, 2.24) is 14.6 Å². The molecule has 0 radical (unpaired) electrons. The van der Waals surface area contributed by atoms with Gasteiger partial charge in [0.1, 0.15) is 17.4 Å². The molecule has 8 heteroatoms. The minimum Gasteiger partial charge on any atom is -0.508 e. The van der Waals surface area contributed by atoms with Crippen LogP contribution in [0, 0.1) is 5.82 Å². The number of carbonyl (C=O) groups is 1. The van der Waals surface area contributed by atoms with Gasteiger partial charge in [0.15, 0.2) is 11.3 Å². The van der Waals surface area contributed by atoms with E-state index in [1.54, 1.807) is 43.4 Å². The Morgan fingerprint density at radius 1 is 1.10 bits per heavy atom. The van der Waals surface area contributed by atoms with Crippen molar-refractivity contribution in [2.75, 3.05) is 17.3 Å². The van der Waals surface area contributed by atoms with Crippen LogP contribution in [-0.4, -0.2) is 32.7 Å². The fraction of sp³-hybridized carbons (Fsp3) is 0.0952. The Labute approximate surface area is 166 Å². The fourth-order valence-corrected chi connectivity index (χ4v) is 2.87. The molecule has 29 heavy (non-hydrogen) atoms. The van der Waals surface area contributed by atoms with E-state index >= 15 is 0 Å². The molecule has 2 heterocycles. The Bertz CT molecular complexity index is 1160. The van der Waals surface area contributed by atoms with Crippen LogP contribution in [0.1, 0.15) is 16.1 Å². The van der Waals surface area contributed by atoms with Crippen molar-refractivity contribution in [3.63, 3.8) is 0 Å². The zero-order chi connectivity index (χ0) is 20.4. The summed E-state index contributed by atoms with van der Waals surface area (Å²) in [5.74, 6) is 0.114. The Morgan fingerprint density at radius 2 is 1.83 bits per heavy atom. The summed E-state index contributed by atoms with van der Waals surface area (Å²) in [4.78, 5) is 18.6. The van der Waals surface area contributed by atoms with E-state index in [-0.39, 0.29) is 17.5 Å². The molecule has 0 atom stereocenters. The van der Waals surface area contributed by atoms with Crippen molar-refractivity contribution in [1.29, 1.82) is 0 Å². The molecule has 0 aliphatic carbocycles. The lowest BCUT2D eigenvalue weighted by Gasteiger charge is -2.17. The van der Waals surface area contributed by atoms with Crippen molar-refractivity contribution in [2.45, 2.75) is 6.54 Å². The fourth-order valence-electron chi connectivity index (χ4n) is 2.87. The number of fused-ring (bicyclic) bond motifs is 1. The number of amides is 1.